The number of nitrogens with one attached hydrogen (secondary N) is 1. The van der Waals surface area contributed by atoms with Crippen LogP contribution in [-0.4, -0.2) is 43.1 Å². The monoisotopic (exact) mass is 280 g/mol. The van der Waals surface area contributed by atoms with E-state index in [-0.39, 0.29) is 11.9 Å². The Bertz CT molecular complexity index is 393. The van der Waals surface area contributed by atoms with E-state index in [4.69, 9.17) is 4.74 Å². The summed E-state index contributed by atoms with van der Waals surface area (Å²) < 4.78 is 4.71. The molecule has 1 aliphatic heterocycles. The minimum absolute atomic E-state index is 0.0516. The van der Waals surface area contributed by atoms with Crippen molar-refractivity contribution in [3.8, 4) is 0 Å². The zero-order chi connectivity index (χ0) is 14.4. The molecule has 5 heteroatoms. The Hall–Kier alpha value is -1.52. The van der Waals surface area contributed by atoms with Crippen LogP contribution in [0.5, 0.6) is 0 Å². The van der Waals surface area contributed by atoms with Crippen molar-refractivity contribution in [3.05, 3.63) is 11.6 Å². The van der Waals surface area contributed by atoms with Crippen LogP contribution in [0.15, 0.2) is 11.6 Å². The Morgan fingerprint density at radius 3 is 2.95 bits per heavy atom. The summed E-state index contributed by atoms with van der Waals surface area (Å²) in [4.78, 5) is 25.2. The van der Waals surface area contributed by atoms with E-state index in [0.717, 1.165) is 25.7 Å². The highest BCUT2D eigenvalue weighted by Gasteiger charge is 2.34. The number of amides is 2. The lowest BCUT2D eigenvalue weighted by molar-refractivity contribution is -0.125. The molecule has 112 valence electrons. The number of carbonyl (C=O) groups excluding carboxylic acids is 2. The van der Waals surface area contributed by atoms with Gasteiger partial charge >= 0.3 is 6.09 Å². The molecular weight excluding hydrogens is 256 g/mol. The number of allylic oxidation sites excluding steroid dienone is 1. The lowest BCUT2D eigenvalue weighted by atomic mass is 9.97. The molecule has 0 aromatic heterocycles. The average molecular weight is 280 g/mol. The molecule has 2 rings (SSSR count). The van der Waals surface area contributed by atoms with Gasteiger partial charge in [-0.2, -0.15) is 0 Å². The van der Waals surface area contributed by atoms with Crippen molar-refractivity contribution < 1.29 is 14.3 Å². The second-order valence-corrected chi connectivity index (χ2v) is 5.47. The van der Waals surface area contributed by atoms with Gasteiger partial charge in [0.05, 0.1) is 7.11 Å². The van der Waals surface area contributed by atoms with E-state index >= 15 is 0 Å². The number of nitrogens with zero attached hydrogens (tertiary/aromatic N) is 1. The molecule has 5 nitrogen and oxygen atoms in total. The zero-order valence-electron chi connectivity index (χ0n) is 12.2. The third kappa shape index (κ3) is 3.74. The fourth-order valence-electron chi connectivity index (χ4n) is 2.97. The quantitative estimate of drug-likeness (QED) is 0.803. The van der Waals surface area contributed by atoms with Crippen LogP contribution in [0.4, 0.5) is 4.79 Å². The molecule has 0 spiro atoms. The Kier molecular flexibility index (Phi) is 5.44. The standard InChI is InChI=1S/C15H24N2O3/c1-20-15(19)17-11-5-8-13(17)14(18)16-10-9-12-6-3-2-4-7-12/h6,13H,2-5,7-11H2,1H3,(H,16,18). The molecule has 2 amide bonds. The molecule has 0 saturated carbocycles. The first-order valence-electron chi connectivity index (χ1n) is 7.52. The van der Waals surface area contributed by atoms with Crippen LogP contribution in [0, 0.1) is 0 Å². The van der Waals surface area contributed by atoms with Crippen molar-refractivity contribution in [3.63, 3.8) is 0 Å². The topological polar surface area (TPSA) is 58.6 Å². The molecule has 1 fully saturated rings. The van der Waals surface area contributed by atoms with Crippen molar-refractivity contribution in [1.82, 2.24) is 10.2 Å². The highest BCUT2D eigenvalue weighted by molar-refractivity contribution is 5.86. The van der Waals surface area contributed by atoms with E-state index < -0.39 is 6.09 Å². The molecule has 1 saturated heterocycles. The summed E-state index contributed by atoms with van der Waals surface area (Å²) in [6, 6.07) is -0.359. The summed E-state index contributed by atoms with van der Waals surface area (Å²) >= 11 is 0. The van der Waals surface area contributed by atoms with E-state index in [1.807, 2.05) is 0 Å². The van der Waals surface area contributed by atoms with E-state index in [9.17, 15) is 9.59 Å². The number of methoxy groups -OCH3 is 1. The van der Waals surface area contributed by atoms with Crippen LogP contribution in [-0.2, 0) is 9.53 Å². The second-order valence-electron chi connectivity index (χ2n) is 5.47. The lowest BCUT2D eigenvalue weighted by Gasteiger charge is -2.22. The predicted molar refractivity (Wildman–Crippen MR) is 76.3 cm³/mol. The number of hydrogen-bond donors (Lipinski definition) is 1. The summed E-state index contributed by atoms with van der Waals surface area (Å²) in [5, 5.41) is 2.95. The van der Waals surface area contributed by atoms with E-state index in [1.54, 1.807) is 0 Å². The Morgan fingerprint density at radius 1 is 1.40 bits per heavy atom. The summed E-state index contributed by atoms with van der Waals surface area (Å²) in [6.45, 7) is 1.27. The van der Waals surface area contributed by atoms with Crippen LogP contribution in [0.1, 0.15) is 44.9 Å². The third-order valence-electron chi connectivity index (χ3n) is 4.09. The van der Waals surface area contributed by atoms with Gasteiger partial charge in [-0.05, 0) is 44.9 Å². The van der Waals surface area contributed by atoms with Gasteiger partial charge in [-0.1, -0.05) is 11.6 Å². The Balaban J connectivity index is 1.76. The van der Waals surface area contributed by atoms with Crippen LogP contribution in [0.3, 0.4) is 0 Å². The second kappa shape index (κ2) is 7.31. The van der Waals surface area contributed by atoms with Crippen LogP contribution < -0.4 is 5.32 Å². The Labute approximate surface area is 120 Å². The van der Waals surface area contributed by atoms with Crippen molar-refractivity contribution in [1.29, 1.82) is 0 Å². The first-order valence-corrected chi connectivity index (χ1v) is 7.52. The molecule has 1 unspecified atom stereocenters. The fraction of sp³-hybridized carbons (Fsp3) is 0.733. The van der Waals surface area contributed by atoms with Crippen molar-refractivity contribution in [2.24, 2.45) is 0 Å². The summed E-state index contributed by atoms with van der Waals surface area (Å²) in [5.41, 5.74) is 1.45. The van der Waals surface area contributed by atoms with Gasteiger partial charge < -0.3 is 10.1 Å². The minimum atomic E-state index is -0.405. The molecule has 20 heavy (non-hydrogen) atoms. The number of rotatable bonds is 4. The van der Waals surface area contributed by atoms with Gasteiger partial charge in [0.1, 0.15) is 6.04 Å². The highest BCUT2D eigenvalue weighted by Crippen LogP contribution is 2.20. The largest absolute Gasteiger partial charge is 0.453 e. The summed E-state index contributed by atoms with van der Waals surface area (Å²) in [5.74, 6) is -0.0516. The van der Waals surface area contributed by atoms with Gasteiger partial charge in [0, 0.05) is 13.1 Å². The smallest absolute Gasteiger partial charge is 0.410 e. The molecule has 0 bridgehead atoms. The van der Waals surface area contributed by atoms with Crippen molar-refractivity contribution >= 4 is 12.0 Å². The van der Waals surface area contributed by atoms with Gasteiger partial charge in [-0.25, -0.2) is 4.79 Å². The SMILES string of the molecule is COC(=O)N1CCCC1C(=O)NCCC1=CCCCC1. The van der Waals surface area contributed by atoms with Crippen LogP contribution in [0.2, 0.25) is 0 Å². The molecule has 0 radical (unpaired) electrons. The van der Waals surface area contributed by atoms with Gasteiger partial charge in [0.25, 0.3) is 0 Å². The molecule has 1 N–H and O–H groups in total. The predicted octanol–water partition coefficient (Wildman–Crippen LogP) is 2.22. The molecule has 2 aliphatic rings. The first-order chi connectivity index (χ1) is 9.72. The Morgan fingerprint density at radius 2 is 2.25 bits per heavy atom. The summed E-state index contributed by atoms with van der Waals surface area (Å²) in [7, 11) is 1.35. The molecule has 1 atom stereocenters. The van der Waals surface area contributed by atoms with Gasteiger partial charge in [0.2, 0.25) is 5.91 Å². The van der Waals surface area contributed by atoms with Gasteiger partial charge in [-0.15, -0.1) is 0 Å². The average Bonchev–Trinajstić information content (AvgIpc) is 2.97. The highest BCUT2D eigenvalue weighted by atomic mass is 16.5. The fourth-order valence-corrected chi connectivity index (χ4v) is 2.97. The maximum absolute atomic E-state index is 12.1. The van der Waals surface area contributed by atoms with E-state index in [1.165, 1.54) is 36.8 Å². The summed E-state index contributed by atoms with van der Waals surface area (Å²) in [6.07, 6.45) is 9.28. The molecule has 0 aromatic rings. The number of carbonyl (C=O) groups is 2. The third-order valence-corrected chi connectivity index (χ3v) is 4.09. The van der Waals surface area contributed by atoms with Crippen LogP contribution >= 0.6 is 0 Å². The maximum Gasteiger partial charge on any atom is 0.410 e. The number of hydrogen-bond acceptors (Lipinski definition) is 3. The normalized spacial score (nSPS) is 22.4. The van der Waals surface area contributed by atoms with E-state index in [2.05, 4.69) is 11.4 Å². The lowest BCUT2D eigenvalue weighted by Crippen LogP contribution is -2.46. The first kappa shape index (κ1) is 14.9. The van der Waals surface area contributed by atoms with Crippen molar-refractivity contribution in [2.75, 3.05) is 20.2 Å². The van der Waals surface area contributed by atoms with E-state index in [0.29, 0.717) is 13.1 Å². The molecule has 1 aliphatic carbocycles. The van der Waals surface area contributed by atoms with Crippen molar-refractivity contribution in [2.45, 2.75) is 51.0 Å². The number of ether oxygens (including phenoxy) is 1. The van der Waals surface area contributed by atoms with Crippen LogP contribution in [0.25, 0.3) is 0 Å². The molecular formula is C15H24N2O3. The molecule has 1 heterocycles. The van der Waals surface area contributed by atoms with Gasteiger partial charge in [0.15, 0.2) is 0 Å². The van der Waals surface area contributed by atoms with Gasteiger partial charge in [-0.3, -0.25) is 9.69 Å². The number of likely N-dealkylation sites (tertiary alicyclic amines) is 1. The molecule has 0 aromatic carbocycles. The minimum Gasteiger partial charge on any atom is -0.453 e. The zero-order valence-corrected chi connectivity index (χ0v) is 12.2. The maximum atomic E-state index is 12.1.